The van der Waals surface area contributed by atoms with Crippen LogP contribution in [0.5, 0.6) is 0 Å². The van der Waals surface area contributed by atoms with Crippen molar-refractivity contribution in [3.8, 4) is 0 Å². The molecule has 0 spiro atoms. The summed E-state index contributed by atoms with van der Waals surface area (Å²) in [7, 11) is -3.61. The highest BCUT2D eigenvalue weighted by Crippen LogP contribution is 2.20. The van der Waals surface area contributed by atoms with Gasteiger partial charge in [-0.05, 0) is 44.2 Å². The molecule has 5 heteroatoms. The van der Waals surface area contributed by atoms with E-state index in [9.17, 15) is 13.2 Å². The monoisotopic (exact) mass is 315 g/mol. The molecule has 1 aromatic carbocycles. The predicted molar refractivity (Wildman–Crippen MR) is 89.4 cm³/mol. The smallest absolute Gasteiger partial charge is 0.261 e. The predicted octanol–water partition coefficient (Wildman–Crippen LogP) is 3.67. The van der Waals surface area contributed by atoms with Gasteiger partial charge in [-0.1, -0.05) is 24.3 Å². The Bertz CT molecular complexity index is 899. The molecule has 0 aliphatic rings. The van der Waals surface area contributed by atoms with Crippen molar-refractivity contribution in [3.63, 3.8) is 0 Å². The highest BCUT2D eigenvalue weighted by Gasteiger charge is 2.13. The third-order valence-electron chi connectivity index (χ3n) is 3.27. The number of Topliss-reactive ketones (excluding diaryl/α,β-unsaturated/α-hetero) is 1. The van der Waals surface area contributed by atoms with Crippen molar-refractivity contribution in [3.05, 3.63) is 71.8 Å². The topological polar surface area (TPSA) is 56.1 Å². The van der Waals surface area contributed by atoms with Crippen LogP contribution in [0.3, 0.4) is 0 Å². The minimum absolute atomic E-state index is 0.0533. The average molecular weight is 315 g/mol. The van der Waals surface area contributed by atoms with Gasteiger partial charge in [0.15, 0.2) is 5.78 Å². The number of rotatable bonds is 5. The summed E-state index contributed by atoms with van der Waals surface area (Å²) in [6, 6.07) is 6.64. The number of allylic oxidation sites excluding steroid dienone is 4. The molecule has 0 atom stereocenters. The molecule has 114 valence electrons. The number of nitrogens with zero attached hydrogens (tertiary/aromatic N) is 1. The van der Waals surface area contributed by atoms with E-state index in [0.29, 0.717) is 16.5 Å². The van der Waals surface area contributed by atoms with Gasteiger partial charge in [0.25, 0.3) is 10.0 Å². The van der Waals surface area contributed by atoms with E-state index in [2.05, 4.69) is 6.58 Å². The number of benzene rings is 1. The van der Waals surface area contributed by atoms with Crippen LogP contribution >= 0.6 is 0 Å². The molecular formula is C17H17NO3S. The minimum atomic E-state index is -3.61. The van der Waals surface area contributed by atoms with Crippen LogP contribution < -0.4 is 0 Å². The summed E-state index contributed by atoms with van der Waals surface area (Å²) in [5.74, 6) is -0.0533. The normalized spacial score (nSPS) is 12.9. The van der Waals surface area contributed by atoms with E-state index in [1.54, 1.807) is 36.4 Å². The molecule has 2 rings (SSSR count). The molecule has 22 heavy (non-hydrogen) atoms. The van der Waals surface area contributed by atoms with Crippen molar-refractivity contribution < 1.29 is 13.2 Å². The molecule has 1 aromatic heterocycles. The molecular weight excluding hydrogens is 298 g/mol. The van der Waals surface area contributed by atoms with Crippen LogP contribution in [0.4, 0.5) is 0 Å². The van der Waals surface area contributed by atoms with E-state index in [4.69, 9.17) is 0 Å². The maximum Gasteiger partial charge on any atom is 0.261 e. The molecule has 2 aromatic rings. The molecule has 0 amide bonds. The van der Waals surface area contributed by atoms with E-state index in [-0.39, 0.29) is 5.78 Å². The van der Waals surface area contributed by atoms with Crippen LogP contribution in [0.2, 0.25) is 0 Å². The zero-order valence-electron chi connectivity index (χ0n) is 12.5. The second-order valence-electron chi connectivity index (χ2n) is 4.93. The standard InChI is InChI=1S/C17H17NO3S/c1-4-13(2)6-5-11-22(20,21)18-10-9-16-12-15(14(3)19)7-8-17(16)18/h4-12H,1H2,2-3H3/b11-5+,13-6-. The molecule has 0 saturated heterocycles. The van der Waals surface area contributed by atoms with Crippen molar-refractivity contribution in [1.82, 2.24) is 3.97 Å². The van der Waals surface area contributed by atoms with Crippen LogP contribution in [0.15, 0.2) is 66.3 Å². The maximum atomic E-state index is 12.4. The van der Waals surface area contributed by atoms with Gasteiger partial charge in [0.05, 0.1) is 10.9 Å². The van der Waals surface area contributed by atoms with Gasteiger partial charge < -0.3 is 0 Å². The number of ketones is 1. The summed E-state index contributed by atoms with van der Waals surface area (Å²) in [6.45, 7) is 6.91. The summed E-state index contributed by atoms with van der Waals surface area (Å²) in [4.78, 5) is 11.4. The molecule has 0 aliphatic heterocycles. The summed E-state index contributed by atoms with van der Waals surface area (Å²) in [5, 5.41) is 1.85. The van der Waals surface area contributed by atoms with E-state index < -0.39 is 10.0 Å². The van der Waals surface area contributed by atoms with Gasteiger partial charge in [0, 0.05) is 17.1 Å². The molecule has 0 radical (unpaired) electrons. The van der Waals surface area contributed by atoms with Crippen molar-refractivity contribution in [1.29, 1.82) is 0 Å². The zero-order valence-corrected chi connectivity index (χ0v) is 13.3. The molecule has 4 nitrogen and oxygen atoms in total. The number of carbonyl (C=O) groups excluding carboxylic acids is 1. The molecule has 0 fully saturated rings. The molecule has 0 unspecified atom stereocenters. The summed E-state index contributed by atoms with van der Waals surface area (Å²) >= 11 is 0. The Hall–Kier alpha value is -2.40. The van der Waals surface area contributed by atoms with Crippen LogP contribution in [-0.4, -0.2) is 18.2 Å². The first-order valence-electron chi connectivity index (χ1n) is 6.70. The quantitative estimate of drug-likeness (QED) is 0.625. The average Bonchev–Trinajstić information content (AvgIpc) is 2.90. The lowest BCUT2D eigenvalue weighted by molar-refractivity contribution is 0.101. The maximum absolute atomic E-state index is 12.4. The Morgan fingerprint density at radius 3 is 2.59 bits per heavy atom. The van der Waals surface area contributed by atoms with Crippen molar-refractivity contribution >= 4 is 26.7 Å². The fraction of sp³-hybridized carbons (Fsp3) is 0.118. The molecule has 1 heterocycles. The molecule has 0 aliphatic carbocycles. The second kappa shape index (κ2) is 6.15. The Balaban J connectivity index is 2.46. The number of carbonyl (C=O) groups is 1. The lowest BCUT2D eigenvalue weighted by atomic mass is 10.1. The van der Waals surface area contributed by atoms with Crippen LogP contribution in [-0.2, 0) is 10.0 Å². The Morgan fingerprint density at radius 1 is 1.23 bits per heavy atom. The van der Waals surface area contributed by atoms with Crippen molar-refractivity contribution in [2.75, 3.05) is 0 Å². The Kier molecular flexibility index (Phi) is 4.47. The molecule has 0 saturated carbocycles. The number of hydrogen-bond donors (Lipinski definition) is 0. The SMILES string of the molecule is C=C/C(C)=C\C=C\S(=O)(=O)n1ccc2cc(C(C)=O)ccc21. The number of aromatic nitrogens is 1. The summed E-state index contributed by atoms with van der Waals surface area (Å²) in [5.41, 5.74) is 1.97. The van der Waals surface area contributed by atoms with Gasteiger partial charge in [-0.15, -0.1) is 0 Å². The summed E-state index contributed by atoms with van der Waals surface area (Å²) < 4.78 is 25.9. The first-order valence-corrected chi connectivity index (χ1v) is 8.20. The van der Waals surface area contributed by atoms with E-state index in [1.165, 1.54) is 23.2 Å². The van der Waals surface area contributed by atoms with Gasteiger partial charge >= 0.3 is 0 Å². The third kappa shape index (κ3) is 3.26. The highest BCUT2D eigenvalue weighted by atomic mass is 32.2. The Morgan fingerprint density at radius 2 is 1.95 bits per heavy atom. The summed E-state index contributed by atoms with van der Waals surface area (Å²) in [6.07, 6.45) is 6.27. The number of fused-ring (bicyclic) bond motifs is 1. The van der Waals surface area contributed by atoms with Crippen molar-refractivity contribution in [2.24, 2.45) is 0 Å². The van der Waals surface area contributed by atoms with E-state index >= 15 is 0 Å². The van der Waals surface area contributed by atoms with Crippen LogP contribution in [0.1, 0.15) is 24.2 Å². The number of hydrogen-bond acceptors (Lipinski definition) is 3. The third-order valence-corrected chi connectivity index (χ3v) is 4.63. The molecule has 0 bridgehead atoms. The van der Waals surface area contributed by atoms with Gasteiger partial charge in [0.1, 0.15) is 0 Å². The largest absolute Gasteiger partial charge is 0.295 e. The fourth-order valence-electron chi connectivity index (χ4n) is 1.98. The van der Waals surface area contributed by atoms with Crippen molar-refractivity contribution in [2.45, 2.75) is 13.8 Å². The molecule has 0 N–H and O–H groups in total. The van der Waals surface area contributed by atoms with E-state index in [0.717, 1.165) is 11.0 Å². The lowest BCUT2D eigenvalue weighted by Gasteiger charge is -2.03. The second-order valence-corrected chi connectivity index (χ2v) is 6.63. The van der Waals surface area contributed by atoms with Crippen LogP contribution in [0.25, 0.3) is 10.9 Å². The van der Waals surface area contributed by atoms with E-state index in [1.807, 2.05) is 6.92 Å². The van der Waals surface area contributed by atoms with Gasteiger partial charge in [-0.2, -0.15) is 0 Å². The zero-order chi connectivity index (χ0) is 16.3. The lowest BCUT2D eigenvalue weighted by Crippen LogP contribution is -2.07. The fourth-order valence-corrected chi connectivity index (χ4v) is 3.06. The van der Waals surface area contributed by atoms with Gasteiger partial charge in [-0.25, -0.2) is 12.4 Å². The highest BCUT2D eigenvalue weighted by molar-refractivity contribution is 7.93. The first kappa shape index (κ1) is 16.0. The first-order chi connectivity index (χ1) is 10.3. The van der Waals surface area contributed by atoms with Gasteiger partial charge in [0.2, 0.25) is 0 Å². The van der Waals surface area contributed by atoms with Gasteiger partial charge in [-0.3, -0.25) is 4.79 Å². The van der Waals surface area contributed by atoms with Crippen LogP contribution in [0, 0.1) is 0 Å². The minimum Gasteiger partial charge on any atom is -0.295 e. The Labute approximate surface area is 130 Å².